The van der Waals surface area contributed by atoms with Gasteiger partial charge >= 0.3 is 0 Å². The van der Waals surface area contributed by atoms with E-state index in [1.807, 2.05) is 18.2 Å². The number of pyridine rings is 1. The SMILES string of the molecule is N#Cc1cccnc1Sc1nc2cc(Cl)ccc2s1. The van der Waals surface area contributed by atoms with Crippen molar-refractivity contribution in [3.63, 3.8) is 0 Å². The topological polar surface area (TPSA) is 49.6 Å². The highest BCUT2D eigenvalue weighted by atomic mass is 35.5. The molecule has 6 heteroatoms. The van der Waals surface area contributed by atoms with Crippen molar-refractivity contribution in [1.29, 1.82) is 5.26 Å². The molecule has 3 aromatic rings. The van der Waals surface area contributed by atoms with Gasteiger partial charge in [0.25, 0.3) is 0 Å². The lowest BCUT2D eigenvalue weighted by Crippen LogP contribution is -1.84. The lowest BCUT2D eigenvalue weighted by molar-refractivity contribution is 1.11. The van der Waals surface area contributed by atoms with Gasteiger partial charge in [0, 0.05) is 11.2 Å². The monoisotopic (exact) mass is 303 g/mol. The molecule has 0 amide bonds. The number of nitriles is 1. The second kappa shape index (κ2) is 5.17. The van der Waals surface area contributed by atoms with Gasteiger partial charge < -0.3 is 0 Å². The average molecular weight is 304 g/mol. The third kappa shape index (κ3) is 2.56. The predicted octanol–water partition coefficient (Wildman–Crippen LogP) is 4.37. The molecular weight excluding hydrogens is 298 g/mol. The maximum absolute atomic E-state index is 9.03. The molecule has 19 heavy (non-hydrogen) atoms. The molecule has 1 aromatic carbocycles. The molecule has 3 nitrogen and oxygen atoms in total. The Morgan fingerprint density at radius 1 is 1.32 bits per heavy atom. The van der Waals surface area contributed by atoms with Crippen molar-refractivity contribution in [2.24, 2.45) is 0 Å². The first-order valence-corrected chi connectivity index (χ1v) is 7.36. The lowest BCUT2D eigenvalue weighted by Gasteiger charge is -1.97. The molecule has 92 valence electrons. The van der Waals surface area contributed by atoms with E-state index in [4.69, 9.17) is 16.9 Å². The highest BCUT2D eigenvalue weighted by molar-refractivity contribution is 8.01. The number of thiazole rings is 1. The Kier molecular flexibility index (Phi) is 3.38. The maximum atomic E-state index is 9.03. The summed E-state index contributed by atoms with van der Waals surface area (Å²) >= 11 is 8.90. The standard InChI is InChI=1S/C13H6ClN3S2/c14-9-3-4-11-10(6-9)17-13(18-11)19-12-8(7-15)2-1-5-16-12/h1-6H. The molecule has 0 aliphatic heterocycles. The first kappa shape index (κ1) is 12.4. The van der Waals surface area contributed by atoms with Crippen LogP contribution in [0.5, 0.6) is 0 Å². The Morgan fingerprint density at radius 3 is 3.05 bits per heavy atom. The van der Waals surface area contributed by atoms with E-state index in [-0.39, 0.29) is 0 Å². The van der Waals surface area contributed by atoms with Gasteiger partial charge in [-0.25, -0.2) is 9.97 Å². The van der Waals surface area contributed by atoms with Gasteiger partial charge in [0.2, 0.25) is 0 Å². The molecule has 0 unspecified atom stereocenters. The zero-order valence-electron chi connectivity index (χ0n) is 9.50. The van der Waals surface area contributed by atoms with Crippen LogP contribution in [0, 0.1) is 11.3 Å². The zero-order valence-corrected chi connectivity index (χ0v) is 11.9. The normalized spacial score (nSPS) is 10.5. The van der Waals surface area contributed by atoms with Crippen LogP contribution in [-0.4, -0.2) is 9.97 Å². The van der Waals surface area contributed by atoms with Crippen molar-refractivity contribution < 1.29 is 0 Å². The summed E-state index contributed by atoms with van der Waals surface area (Å²) < 4.78 is 1.92. The van der Waals surface area contributed by atoms with E-state index in [9.17, 15) is 0 Å². The van der Waals surface area contributed by atoms with Crippen LogP contribution < -0.4 is 0 Å². The molecule has 0 spiro atoms. The van der Waals surface area contributed by atoms with Crippen molar-refractivity contribution in [2.45, 2.75) is 9.37 Å². The number of fused-ring (bicyclic) bond motifs is 1. The molecule has 0 radical (unpaired) electrons. The molecular formula is C13H6ClN3S2. The number of hydrogen-bond donors (Lipinski definition) is 0. The average Bonchev–Trinajstić information content (AvgIpc) is 2.80. The predicted molar refractivity (Wildman–Crippen MR) is 77.7 cm³/mol. The van der Waals surface area contributed by atoms with Gasteiger partial charge in [0.05, 0.1) is 15.8 Å². The Morgan fingerprint density at radius 2 is 2.21 bits per heavy atom. The Bertz CT molecular complexity index is 792. The van der Waals surface area contributed by atoms with Crippen molar-refractivity contribution in [1.82, 2.24) is 9.97 Å². The molecule has 0 bridgehead atoms. The molecule has 0 fully saturated rings. The highest BCUT2D eigenvalue weighted by Gasteiger charge is 2.10. The van der Waals surface area contributed by atoms with E-state index >= 15 is 0 Å². The second-order valence-corrected chi connectivity index (χ2v) is 6.36. The van der Waals surface area contributed by atoms with E-state index in [1.54, 1.807) is 29.7 Å². The van der Waals surface area contributed by atoms with Crippen molar-refractivity contribution in [3.8, 4) is 6.07 Å². The Balaban J connectivity index is 1.99. The first-order valence-electron chi connectivity index (χ1n) is 5.35. The molecule has 0 N–H and O–H groups in total. The second-order valence-electron chi connectivity index (χ2n) is 3.66. The fraction of sp³-hybridized carbons (Fsp3) is 0. The molecule has 2 heterocycles. The quantitative estimate of drug-likeness (QED) is 0.705. The van der Waals surface area contributed by atoms with Crippen LogP contribution in [0.2, 0.25) is 5.02 Å². The van der Waals surface area contributed by atoms with Gasteiger partial charge in [-0.2, -0.15) is 5.26 Å². The first-order chi connectivity index (χ1) is 9.26. The fourth-order valence-corrected chi connectivity index (χ4v) is 3.73. The summed E-state index contributed by atoms with van der Waals surface area (Å²) in [5.41, 5.74) is 1.43. The van der Waals surface area contributed by atoms with Gasteiger partial charge in [-0.3, -0.25) is 0 Å². The van der Waals surface area contributed by atoms with Crippen LogP contribution in [0.1, 0.15) is 5.56 Å². The smallest absolute Gasteiger partial charge is 0.157 e. The van der Waals surface area contributed by atoms with Crippen molar-refractivity contribution in [2.75, 3.05) is 0 Å². The van der Waals surface area contributed by atoms with Gasteiger partial charge in [-0.1, -0.05) is 11.6 Å². The number of aromatic nitrogens is 2. The molecule has 3 rings (SSSR count). The van der Waals surface area contributed by atoms with E-state index in [1.165, 1.54) is 11.8 Å². The molecule has 0 aliphatic rings. The van der Waals surface area contributed by atoms with E-state index in [0.717, 1.165) is 14.6 Å². The summed E-state index contributed by atoms with van der Waals surface area (Å²) in [4.78, 5) is 8.71. The zero-order chi connectivity index (χ0) is 13.2. The minimum absolute atomic E-state index is 0.560. The molecule has 0 saturated carbocycles. The van der Waals surface area contributed by atoms with Gasteiger partial charge in [0.1, 0.15) is 11.1 Å². The van der Waals surface area contributed by atoms with E-state index < -0.39 is 0 Å². The van der Waals surface area contributed by atoms with Crippen molar-refractivity contribution in [3.05, 3.63) is 47.1 Å². The summed E-state index contributed by atoms with van der Waals surface area (Å²) in [5, 5.41) is 10.4. The fourth-order valence-electron chi connectivity index (χ4n) is 1.56. The molecule has 0 saturated heterocycles. The van der Waals surface area contributed by atoms with Crippen LogP contribution in [0.15, 0.2) is 45.9 Å². The number of hydrogen-bond acceptors (Lipinski definition) is 5. The molecule has 0 atom stereocenters. The summed E-state index contributed by atoms with van der Waals surface area (Å²) in [6.45, 7) is 0. The van der Waals surface area contributed by atoms with Crippen LogP contribution >= 0.6 is 34.7 Å². The van der Waals surface area contributed by atoms with Crippen LogP contribution in [0.4, 0.5) is 0 Å². The van der Waals surface area contributed by atoms with E-state index in [0.29, 0.717) is 15.6 Å². The number of benzene rings is 1. The van der Waals surface area contributed by atoms with E-state index in [2.05, 4.69) is 16.0 Å². The molecule has 2 aromatic heterocycles. The van der Waals surface area contributed by atoms with Crippen LogP contribution in [0.25, 0.3) is 10.2 Å². The van der Waals surface area contributed by atoms with Crippen LogP contribution in [-0.2, 0) is 0 Å². The lowest BCUT2D eigenvalue weighted by atomic mass is 10.3. The maximum Gasteiger partial charge on any atom is 0.157 e. The van der Waals surface area contributed by atoms with Crippen molar-refractivity contribution >= 4 is 44.9 Å². The van der Waals surface area contributed by atoms with Gasteiger partial charge in [-0.15, -0.1) is 11.3 Å². The molecule has 0 aliphatic carbocycles. The van der Waals surface area contributed by atoms with Gasteiger partial charge in [0.15, 0.2) is 4.34 Å². The third-order valence-corrected chi connectivity index (χ3v) is 4.76. The number of rotatable bonds is 2. The van der Waals surface area contributed by atoms with Gasteiger partial charge in [-0.05, 0) is 42.1 Å². The minimum Gasteiger partial charge on any atom is -0.248 e. The Labute approximate surface area is 122 Å². The Hall–Kier alpha value is -1.61. The third-order valence-electron chi connectivity index (χ3n) is 2.41. The summed E-state index contributed by atoms with van der Waals surface area (Å²) in [5.74, 6) is 0. The summed E-state index contributed by atoms with van der Waals surface area (Å²) in [6, 6.07) is 11.3. The number of halogens is 1. The largest absolute Gasteiger partial charge is 0.248 e. The summed E-state index contributed by atoms with van der Waals surface area (Å²) in [6.07, 6.45) is 1.67. The minimum atomic E-state index is 0.560. The van der Waals surface area contributed by atoms with Crippen LogP contribution in [0.3, 0.4) is 0 Å². The summed E-state index contributed by atoms with van der Waals surface area (Å²) in [7, 11) is 0. The highest BCUT2D eigenvalue weighted by Crippen LogP contribution is 2.35. The number of nitrogens with zero attached hydrogens (tertiary/aromatic N) is 3.